The van der Waals surface area contributed by atoms with E-state index in [2.05, 4.69) is 0 Å². The number of para-hydroxylation sites is 1. The lowest BCUT2D eigenvalue weighted by atomic mass is 9.93. The number of carbonyl (C=O) groups excluding carboxylic acids is 1. The summed E-state index contributed by atoms with van der Waals surface area (Å²) in [6.45, 7) is 1.63. The number of esters is 1. The third-order valence-corrected chi connectivity index (χ3v) is 5.52. The summed E-state index contributed by atoms with van der Waals surface area (Å²) in [7, 11) is -3.37. The van der Waals surface area contributed by atoms with Crippen molar-refractivity contribution in [1.82, 2.24) is 0 Å². The number of fused-ring (bicyclic) bond motifs is 1. The van der Waals surface area contributed by atoms with Gasteiger partial charge in [-0.25, -0.2) is 9.18 Å². The van der Waals surface area contributed by atoms with Gasteiger partial charge in [-0.15, -0.1) is 0 Å². The third-order valence-electron chi connectivity index (χ3n) is 4.27. The highest BCUT2D eigenvalue weighted by Gasteiger charge is 2.36. The topological polar surface area (TPSA) is 103 Å². The van der Waals surface area contributed by atoms with E-state index in [4.69, 9.17) is 19.1 Å². The summed E-state index contributed by atoms with van der Waals surface area (Å²) in [6, 6.07) is 11.2. The van der Waals surface area contributed by atoms with E-state index in [0.717, 1.165) is 25.5 Å². The molecule has 156 valence electrons. The van der Waals surface area contributed by atoms with Gasteiger partial charge in [0.05, 0.1) is 12.7 Å². The summed E-state index contributed by atoms with van der Waals surface area (Å²) in [5.74, 6) is -1.48. The molecule has 3 rings (SSSR count). The zero-order chi connectivity index (χ0) is 21.9. The molecule has 0 spiro atoms. The van der Waals surface area contributed by atoms with Gasteiger partial charge in [-0.1, -0.05) is 25.1 Å². The van der Waals surface area contributed by atoms with Crippen LogP contribution in [0.2, 0.25) is 0 Å². The number of nitrogens with one attached hydrogen (secondary N) is 1. The minimum absolute atomic E-state index is 0.00559. The minimum atomic E-state index is -4.49. The molecule has 0 fully saturated rings. The van der Waals surface area contributed by atoms with Gasteiger partial charge in [0.2, 0.25) is 0 Å². The SMILES string of the molecule is CCC(=N)/C(C(=O)OC)=C1\C(S(=O)(=O)Oc2ccccc2)=COc2cc(F)ccc21. The molecule has 0 atom stereocenters. The highest BCUT2D eigenvalue weighted by molar-refractivity contribution is 7.91. The molecule has 0 aromatic heterocycles. The van der Waals surface area contributed by atoms with Crippen LogP contribution in [0.3, 0.4) is 0 Å². The maximum Gasteiger partial charge on any atom is 0.342 e. The van der Waals surface area contributed by atoms with Gasteiger partial charge < -0.3 is 19.1 Å². The van der Waals surface area contributed by atoms with Crippen LogP contribution in [0.25, 0.3) is 5.57 Å². The number of allylic oxidation sites excluding steroid dienone is 1. The van der Waals surface area contributed by atoms with Gasteiger partial charge >= 0.3 is 16.1 Å². The molecule has 0 amide bonds. The molecule has 1 N–H and O–H groups in total. The fourth-order valence-electron chi connectivity index (χ4n) is 2.85. The second-order valence-corrected chi connectivity index (χ2v) is 7.68. The van der Waals surface area contributed by atoms with Crippen LogP contribution in [0.5, 0.6) is 11.5 Å². The molecule has 1 aliphatic rings. The molecule has 0 saturated carbocycles. The smallest absolute Gasteiger partial charge is 0.342 e. The van der Waals surface area contributed by atoms with Gasteiger partial charge in [-0.05, 0) is 30.7 Å². The first-order valence-corrected chi connectivity index (χ1v) is 10.3. The normalized spacial score (nSPS) is 14.7. The number of methoxy groups -OCH3 is 1. The molecule has 0 saturated heterocycles. The molecular formula is C21H18FNO6S. The Morgan fingerprint density at radius 1 is 1.17 bits per heavy atom. The summed E-state index contributed by atoms with van der Waals surface area (Å²) in [6.07, 6.45) is 0.986. The maximum atomic E-state index is 13.7. The summed E-state index contributed by atoms with van der Waals surface area (Å²) in [4.78, 5) is 12.0. The maximum absolute atomic E-state index is 13.7. The molecule has 30 heavy (non-hydrogen) atoms. The quantitative estimate of drug-likeness (QED) is 0.323. The first kappa shape index (κ1) is 21.3. The van der Waals surface area contributed by atoms with E-state index in [0.29, 0.717) is 0 Å². The van der Waals surface area contributed by atoms with Crippen LogP contribution in [-0.4, -0.2) is 27.2 Å². The molecule has 9 heteroatoms. The van der Waals surface area contributed by atoms with E-state index in [9.17, 15) is 17.6 Å². The van der Waals surface area contributed by atoms with E-state index < -0.39 is 26.8 Å². The lowest BCUT2D eigenvalue weighted by Crippen LogP contribution is -2.23. The van der Waals surface area contributed by atoms with E-state index in [1.165, 1.54) is 18.2 Å². The van der Waals surface area contributed by atoms with Gasteiger partial charge in [-0.2, -0.15) is 8.42 Å². The van der Waals surface area contributed by atoms with Gasteiger partial charge in [0.15, 0.2) is 0 Å². The van der Waals surface area contributed by atoms with Crippen molar-refractivity contribution in [2.45, 2.75) is 13.3 Å². The summed E-state index contributed by atoms with van der Waals surface area (Å²) in [5.41, 5.74) is -0.462. The largest absolute Gasteiger partial charge is 0.465 e. The van der Waals surface area contributed by atoms with Crippen LogP contribution in [-0.2, 0) is 19.6 Å². The molecule has 1 heterocycles. The Morgan fingerprint density at radius 3 is 2.50 bits per heavy atom. The van der Waals surface area contributed by atoms with Crippen molar-refractivity contribution in [3.63, 3.8) is 0 Å². The summed E-state index contributed by atoms with van der Waals surface area (Å²) in [5, 5.41) is 8.23. The first-order chi connectivity index (χ1) is 14.3. The van der Waals surface area contributed by atoms with Crippen LogP contribution in [0, 0.1) is 11.2 Å². The number of halogens is 1. The number of hydrogen-bond donors (Lipinski definition) is 1. The number of benzene rings is 2. The van der Waals surface area contributed by atoms with Crippen molar-refractivity contribution in [3.05, 3.63) is 76.7 Å². The Morgan fingerprint density at radius 2 is 1.87 bits per heavy atom. The summed E-state index contributed by atoms with van der Waals surface area (Å²) >= 11 is 0. The highest BCUT2D eigenvalue weighted by atomic mass is 32.2. The highest BCUT2D eigenvalue weighted by Crippen LogP contribution is 2.41. The number of rotatable bonds is 6. The van der Waals surface area contributed by atoms with E-state index >= 15 is 0 Å². The molecule has 0 aliphatic carbocycles. The second-order valence-electron chi connectivity index (χ2n) is 6.16. The zero-order valence-corrected chi connectivity index (χ0v) is 17.0. The van der Waals surface area contributed by atoms with Crippen molar-refractivity contribution in [3.8, 4) is 11.5 Å². The van der Waals surface area contributed by atoms with Crippen LogP contribution >= 0.6 is 0 Å². The van der Waals surface area contributed by atoms with Crippen molar-refractivity contribution >= 4 is 27.4 Å². The molecule has 0 radical (unpaired) electrons. The fraction of sp³-hybridized carbons (Fsp3) is 0.143. The lowest BCUT2D eigenvalue weighted by Gasteiger charge is -2.23. The number of ether oxygens (including phenoxy) is 2. The lowest BCUT2D eigenvalue weighted by molar-refractivity contribution is -0.135. The predicted molar refractivity (Wildman–Crippen MR) is 108 cm³/mol. The van der Waals surface area contributed by atoms with Crippen molar-refractivity contribution in [2.24, 2.45) is 0 Å². The van der Waals surface area contributed by atoms with Gasteiger partial charge in [0.25, 0.3) is 0 Å². The molecule has 2 aromatic carbocycles. The van der Waals surface area contributed by atoms with Gasteiger partial charge in [-0.3, -0.25) is 0 Å². The van der Waals surface area contributed by atoms with Crippen LogP contribution in [0.4, 0.5) is 4.39 Å². The van der Waals surface area contributed by atoms with E-state index in [-0.39, 0.29) is 40.3 Å². The monoisotopic (exact) mass is 431 g/mol. The van der Waals surface area contributed by atoms with Gasteiger partial charge in [0, 0.05) is 22.9 Å². The Bertz CT molecular complexity index is 1150. The van der Waals surface area contributed by atoms with Crippen molar-refractivity contribution in [2.75, 3.05) is 7.11 Å². The van der Waals surface area contributed by atoms with Crippen LogP contribution < -0.4 is 8.92 Å². The van der Waals surface area contributed by atoms with Crippen molar-refractivity contribution < 1.29 is 31.3 Å². The van der Waals surface area contributed by atoms with Crippen LogP contribution in [0.1, 0.15) is 18.9 Å². The number of carbonyl (C=O) groups is 1. The fourth-order valence-corrected chi connectivity index (χ4v) is 3.94. The Balaban J connectivity index is 2.27. The standard InChI is InChI=1S/C21H18FNO6S/c1-3-16(23)20(21(24)27-2)19-15-10-9-13(22)11-17(15)28-12-18(19)30(25,26)29-14-7-5-4-6-8-14/h4-12,23H,3H2,1-2H3/b20-19+,23-16?. The minimum Gasteiger partial charge on any atom is -0.465 e. The summed E-state index contributed by atoms with van der Waals surface area (Å²) < 4.78 is 55.1. The van der Waals surface area contributed by atoms with Crippen LogP contribution in [0.15, 0.2) is 65.3 Å². The molecule has 2 aromatic rings. The zero-order valence-electron chi connectivity index (χ0n) is 16.1. The Hall–Kier alpha value is -3.46. The second kappa shape index (κ2) is 8.50. The Kier molecular flexibility index (Phi) is 6.02. The molecule has 7 nitrogen and oxygen atoms in total. The predicted octanol–water partition coefficient (Wildman–Crippen LogP) is 3.82. The van der Waals surface area contributed by atoms with Gasteiger partial charge in [0.1, 0.15) is 28.5 Å². The van der Waals surface area contributed by atoms with E-state index in [1.807, 2.05) is 0 Å². The average molecular weight is 431 g/mol. The average Bonchev–Trinajstić information content (AvgIpc) is 2.73. The third kappa shape index (κ3) is 4.11. The molecule has 0 unspecified atom stereocenters. The molecular weight excluding hydrogens is 413 g/mol. The number of hydrogen-bond acceptors (Lipinski definition) is 7. The molecule has 0 bridgehead atoms. The Labute approximate surface area is 173 Å². The van der Waals surface area contributed by atoms with Crippen molar-refractivity contribution in [1.29, 1.82) is 5.41 Å². The van der Waals surface area contributed by atoms with E-state index in [1.54, 1.807) is 25.1 Å². The molecule has 1 aliphatic heterocycles. The first-order valence-electron chi connectivity index (χ1n) is 8.85.